The van der Waals surface area contributed by atoms with E-state index in [-0.39, 0.29) is 5.78 Å². The normalized spacial score (nSPS) is 10.7. The van der Waals surface area contributed by atoms with Gasteiger partial charge in [0.1, 0.15) is 6.61 Å². The van der Waals surface area contributed by atoms with Crippen molar-refractivity contribution in [1.29, 1.82) is 0 Å². The molecule has 0 saturated heterocycles. The van der Waals surface area contributed by atoms with E-state index in [1.54, 1.807) is 37.7 Å². The van der Waals surface area contributed by atoms with Crippen LogP contribution < -0.4 is 9.47 Å². The molecule has 0 spiro atoms. The number of rotatable bonds is 7. The number of ether oxygens (including phenoxy) is 2. The number of carbonyl (C=O) groups excluding carboxylic acids is 1. The number of carbonyl (C=O) groups is 1. The van der Waals surface area contributed by atoms with Crippen molar-refractivity contribution in [3.8, 4) is 11.5 Å². The largest absolute Gasteiger partial charge is 0.493 e. The van der Waals surface area contributed by atoms with Crippen LogP contribution >= 0.6 is 15.9 Å². The van der Waals surface area contributed by atoms with Crippen molar-refractivity contribution in [3.63, 3.8) is 0 Å². The maximum Gasteiger partial charge on any atom is 0.187 e. The van der Waals surface area contributed by atoms with E-state index in [0.29, 0.717) is 23.7 Å². The number of methoxy groups -OCH3 is 1. The molecular weight excluding hydrogens is 406 g/mol. The molecule has 0 amide bonds. The van der Waals surface area contributed by atoms with Gasteiger partial charge in [0.2, 0.25) is 0 Å². The summed E-state index contributed by atoms with van der Waals surface area (Å²) in [4.78, 5) is 16.1. The molecule has 3 aromatic rings. The summed E-state index contributed by atoms with van der Waals surface area (Å²) in [5, 5.41) is 0. The van der Waals surface area contributed by atoms with E-state index in [0.717, 1.165) is 15.6 Å². The second-order valence-electron chi connectivity index (χ2n) is 5.75. The zero-order valence-electron chi connectivity index (χ0n) is 14.8. The van der Waals surface area contributed by atoms with Gasteiger partial charge in [0.05, 0.1) is 11.6 Å². The summed E-state index contributed by atoms with van der Waals surface area (Å²) in [6.07, 6.45) is 6.44. The predicted molar refractivity (Wildman–Crippen MR) is 109 cm³/mol. The average Bonchev–Trinajstić information content (AvgIpc) is 2.72. The minimum atomic E-state index is -0.109. The Bertz CT molecular complexity index is 941. The van der Waals surface area contributed by atoms with Gasteiger partial charge < -0.3 is 9.47 Å². The molecule has 1 aromatic heterocycles. The van der Waals surface area contributed by atoms with E-state index < -0.39 is 0 Å². The fourth-order valence-corrected chi connectivity index (χ4v) is 3.06. The Kier molecular flexibility index (Phi) is 6.39. The minimum absolute atomic E-state index is 0.109. The van der Waals surface area contributed by atoms with Crippen molar-refractivity contribution in [2.24, 2.45) is 0 Å². The fourth-order valence-electron chi connectivity index (χ4n) is 2.48. The Balaban J connectivity index is 1.77. The van der Waals surface area contributed by atoms with Crippen LogP contribution in [0, 0.1) is 0 Å². The smallest absolute Gasteiger partial charge is 0.187 e. The first-order chi connectivity index (χ1) is 13.2. The van der Waals surface area contributed by atoms with Crippen LogP contribution in [0.25, 0.3) is 6.08 Å². The maximum absolute atomic E-state index is 12.2. The fraction of sp³-hybridized carbons (Fsp3) is 0.0909. The lowest BCUT2D eigenvalue weighted by Crippen LogP contribution is -1.99. The van der Waals surface area contributed by atoms with Crippen LogP contribution in [-0.2, 0) is 6.61 Å². The summed E-state index contributed by atoms with van der Waals surface area (Å²) in [6, 6.07) is 17.1. The number of aromatic nitrogens is 1. The number of ketones is 1. The van der Waals surface area contributed by atoms with Crippen LogP contribution in [-0.4, -0.2) is 17.9 Å². The molecule has 0 aliphatic carbocycles. The zero-order valence-corrected chi connectivity index (χ0v) is 16.3. The number of nitrogens with zero attached hydrogens (tertiary/aromatic N) is 1. The Morgan fingerprint density at radius 1 is 1.15 bits per heavy atom. The third-order valence-electron chi connectivity index (χ3n) is 3.85. The molecule has 0 aliphatic rings. The molecule has 0 atom stereocenters. The lowest BCUT2D eigenvalue weighted by atomic mass is 10.1. The molecule has 4 nitrogen and oxygen atoms in total. The molecule has 1 heterocycles. The molecule has 0 saturated carbocycles. The summed E-state index contributed by atoms with van der Waals surface area (Å²) >= 11 is 3.53. The Hall–Kier alpha value is -2.92. The van der Waals surface area contributed by atoms with Gasteiger partial charge in [0, 0.05) is 18.0 Å². The molecule has 2 aromatic carbocycles. The molecule has 0 fully saturated rings. The number of hydrogen-bond donors (Lipinski definition) is 0. The SMILES string of the molecule is COc1cc(C=CC(=O)c2cccnc2)cc(Br)c1OCc1ccccc1. The lowest BCUT2D eigenvalue weighted by Gasteiger charge is -2.13. The molecule has 3 rings (SSSR count). The summed E-state index contributed by atoms with van der Waals surface area (Å²) in [6.45, 7) is 0.435. The van der Waals surface area contributed by atoms with Crippen molar-refractivity contribution < 1.29 is 14.3 Å². The van der Waals surface area contributed by atoms with Gasteiger partial charge in [0.25, 0.3) is 0 Å². The highest BCUT2D eigenvalue weighted by Crippen LogP contribution is 2.37. The van der Waals surface area contributed by atoms with E-state index in [1.165, 1.54) is 6.08 Å². The summed E-state index contributed by atoms with van der Waals surface area (Å²) < 4.78 is 12.1. The van der Waals surface area contributed by atoms with Crippen LogP contribution in [0.15, 0.2) is 77.5 Å². The number of pyridine rings is 1. The summed E-state index contributed by atoms with van der Waals surface area (Å²) in [5.74, 6) is 1.11. The molecule has 0 unspecified atom stereocenters. The van der Waals surface area contributed by atoms with Gasteiger partial charge in [-0.05, 0) is 57.4 Å². The van der Waals surface area contributed by atoms with Crippen molar-refractivity contribution in [2.75, 3.05) is 7.11 Å². The van der Waals surface area contributed by atoms with E-state index >= 15 is 0 Å². The highest BCUT2D eigenvalue weighted by molar-refractivity contribution is 9.10. The third kappa shape index (κ3) is 5.05. The number of halogens is 1. The lowest BCUT2D eigenvalue weighted by molar-refractivity contribution is 0.104. The van der Waals surface area contributed by atoms with Crippen LogP contribution in [0.2, 0.25) is 0 Å². The van der Waals surface area contributed by atoms with Gasteiger partial charge in [-0.1, -0.05) is 36.4 Å². The standard InChI is InChI=1S/C22H18BrNO3/c1-26-21-13-17(9-10-20(25)18-8-5-11-24-14-18)12-19(23)22(21)27-15-16-6-3-2-4-7-16/h2-14H,15H2,1H3. The number of allylic oxidation sites excluding steroid dienone is 1. The van der Waals surface area contributed by atoms with Crippen LogP contribution in [0.5, 0.6) is 11.5 Å². The highest BCUT2D eigenvalue weighted by Gasteiger charge is 2.11. The van der Waals surface area contributed by atoms with Gasteiger partial charge >= 0.3 is 0 Å². The van der Waals surface area contributed by atoms with Crippen molar-refractivity contribution in [3.05, 3.63) is 94.2 Å². The first kappa shape index (κ1) is 18.9. The molecule has 0 aliphatic heterocycles. The average molecular weight is 424 g/mol. The number of hydrogen-bond acceptors (Lipinski definition) is 4. The van der Waals surface area contributed by atoms with Crippen molar-refractivity contribution in [2.45, 2.75) is 6.61 Å². The van der Waals surface area contributed by atoms with Crippen molar-refractivity contribution >= 4 is 27.8 Å². The Morgan fingerprint density at radius 3 is 2.67 bits per heavy atom. The molecular formula is C22H18BrNO3. The summed E-state index contributed by atoms with van der Waals surface area (Å²) in [7, 11) is 1.59. The van der Waals surface area contributed by atoms with Gasteiger partial charge in [-0.25, -0.2) is 0 Å². The molecule has 0 N–H and O–H groups in total. The Labute approximate surface area is 166 Å². The second kappa shape index (κ2) is 9.14. The van der Waals surface area contributed by atoms with E-state index in [2.05, 4.69) is 20.9 Å². The van der Waals surface area contributed by atoms with Gasteiger partial charge in [0.15, 0.2) is 17.3 Å². The predicted octanol–water partition coefficient (Wildman–Crippen LogP) is 5.33. The molecule has 136 valence electrons. The molecule has 0 bridgehead atoms. The first-order valence-corrected chi connectivity index (χ1v) is 9.13. The van der Waals surface area contributed by atoms with E-state index in [1.807, 2.05) is 42.5 Å². The third-order valence-corrected chi connectivity index (χ3v) is 4.44. The monoisotopic (exact) mass is 423 g/mol. The van der Waals surface area contributed by atoms with Crippen molar-refractivity contribution in [1.82, 2.24) is 4.98 Å². The maximum atomic E-state index is 12.2. The first-order valence-electron chi connectivity index (χ1n) is 8.34. The van der Waals surface area contributed by atoms with Crippen LogP contribution in [0.1, 0.15) is 21.5 Å². The molecule has 5 heteroatoms. The van der Waals surface area contributed by atoms with Gasteiger partial charge in [-0.3, -0.25) is 9.78 Å². The topological polar surface area (TPSA) is 48.4 Å². The number of benzene rings is 2. The van der Waals surface area contributed by atoms with Gasteiger partial charge in [-0.2, -0.15) is 0 Å². The Morgan fingerprint density at radius 2 is 1.96 bits per heavy atom. The van der Waals surface area contributed by atoms with E-state index in [4.69, 9.17) is 9.47 Å². The van der Waals surface area contributed by atoms with Gasteiger partial charge in [-0.15, -0.1) is 0 Å². The quantitative estimate of drug-likeness (QED) is 0.380. The van der Waals surface area contributed by atoms with Crippen LogP contribution in [0.4, 0.5) is 0 Å². The highest BCUT2D eigenvalue weighted by atomic mass is 79.9. The van der Waals surface area contributed by atoms with Crippen LogP contribution in [0.3, 0.4) is 0 Å². The zero-order chi connectivity index (χ0) is 19.1. The summed E-state index contributed by atoms with van der Waals surface area (Å²) in [5.41, 5.74) is 2.43. The second-order valence-corrected chi connectivity index (χ2v) is 6.60. The molecule has 27 heavy (non-hydrogen) atoms. The minimum Gasteiger partial charge on any atom is -0.493 e. The van der Waals surface area contributed by atoms with E-state index in [9.17, 15) is 4.79 Å². The molecule has 0 radical (unpaired) electrons.